The summed E-state index contributed by atoms with van der Waals surface area (Å²) in [7, 11) is 1.45. The van der Waals surface area contributed by atoms with Crippen molar-refractivity contribution in [1.82, 2.24) is 19.9 Å². The molecule has 0 unspecified atom stereocenters. The van der Waals surface area contributed by atoms with Crippen LogP contribution >= 0.6 is 0 Å². The van der Waals surface area contributed by atoms with Crippen LogP contribution in [0.5, 0.6) is 0 Å². The number of hydrogen-bond donors (Lipinski definition) is 3. The molecule has 0 saturated carbocycles. The minimum Gasteiger partial charge on any atom is -0.480 e. The summed E-state index contributed by atoms with van der Waals surface area (Å²) in [5, 5.41) is 25.0. The van der Waals surface area contributed by atoms with Gasteiger partial charge in [0.2, 0.25) is 0 Å². The Morgan fingerprint density at radius 2 is 2.17 bits per heavy atom. The van der Waals surface area contributed by atoms with Crippen molar-refractivity contribution in [3.63, 3.8) is 0 Å². The fourth-order valence-electron chi connectivity index (χ4n) is 4.22. The molecule has 0 bridgehead atoms. The second kappa shape index (κ2) is 14.3. The smallest absolute Gasteiger partial charge is 0.326 e. The van der Waals surface area contributed by atoms with E-state index >= 15 is 0 Å². The van der Waals surface area contributed by atoms with Gasteiger partial charge in [-0.1, -0.05) is 6.07 Å². The molecular weight excluding hydrogens is 465 g/mol. The number of aliphatic carboxylic acids is 1. The van der Waals surface area contributed by atoms with Crippen molar-refractivity contribution >= 4 is 17.6 Å². The van der Waals surface area contributed by atoms with Crippen LogP contribution in [0.1, 0.15) is 42.6 Å². The number of fused-ring (bicyclic) bond motifs is 1. The molecule has 1 aliphatic heterocycles. The van der Waals surface area contributed by atoms with Gasteiger partial charge in [-0.3, -0.25) is 0 Å². The second-order valence-electron chi connectivity index (χ2n) is 8.84. The molecule has 2 aromatic rings. The van der Waals surface area contributed by atoms with Crippen LogP contribution in [0.4, 0.5) is 16.0 Å². The van der Waals surface area contributed by atoms with E-state index in [9.17, 15) is 19.6 Å². The van der Waals surface area contributed by atoms with Gasteiger partial charge in [0, 0.05) is 44.8 Å². The second-order valence-corrected chi connectivity index (χ2v) is 8.84. The Balaban J connectivity index is 1.54. The van der Waals surface area contributed by atoms with Crippen molar-refractivity contribution in [3.05, 3.63) is 41.5 Å². The zero-order chi connectivity index (χ0) is 25.8. The van der Waals surface area contributed by atoms with Gasteiger partial charge in [0.05, 0.1) is 6.61 Å². The monoisotopic (exact) mass is 499 g/mol. The number of carboxylic acid groups (broad SMARTS) is 1. The number of carbonyl (C=O) groups is 1. The van der Waals surface area contributed by atoms with Crippen molar-refractivity contribution < 1.29 is 19.0 Å². The number of halogens is 1. The number of methoxy groups -OCH3 is 1. The summed E-state index contributed by atoms with van der Waals surface area (Å²) in [6, 6.07) is 5.12. The van der Waals surface area contributed by atoms with Gasteiger partial charge in [-0.25, -0.2) is 24.1 Å². The largest absolute Gasteiger partial charge is 0.480 e. The molecule has 0 radical (unpaired) electrons. The lowest BCUT2D eigenvalue weighted by Gasteiger charge is -2.26. The lowest BCUT2D eigenvalue weighted by atomic mass is 10.1. The van der Waals surface area contributed by atoms with Crippen LogP contribution in [0.25, 0.3) is 0 Å². The van der Waals surface area contributed by atoms with Crippen LogP contribution in [-0.4, -0.2) is 83.0 Å². The Hall–Kier alpha value is -3.36. The van der Waals surface area contributed by atoms with Crippen LogP contribution in [0.3, 0.4) is 0 Å². The molecule has 1 aliphatic rings. The molecule has 11 heteroatoms. The number of alkyl halides is 1. The van der Waals surface area contributed by atoms with Crippen LogP contribution in [-0.2, 0) is 22.4 Å². The lowest BCUT2D eigenvalue weighted by Crippen LogP contribution is -2.39. The molecule has 2 aromatic heterocycles. The number of ether oxygens (including phenoxy) is 1. The molecule has 0 spiro atoms. The summed E-state index contributed by atoms with van der Waals surface area (Å²) in [6.07, 6.45) is 6.49. The maximum atomic E-state index is 14.3. The van der Waals surface area contributed by atoms with Gasteiger partial charge in [-0.05, 0) is 56.7 Å². The van der Waals surface area contributed by atoms with E-state index in [1.807, 2.05) is 11.0 Å². The van der Waals surface area contributed by atoms with E-state index in [-0.39, 0.29) is 31.1 Å². The summed E-state index contributed by atoms with van der Waals surface area (Å²) in [4.78, 5) is 26.4. The zero-order valence-corrected chi connectivity index (χ0v) is 20.6. The van der Waals surface area contributed by atoms with Crippen molar-refractivity contribution in [2.24, 2.45) is 0 Å². The van der Waals surface area contributed by atoms with E-state index < -0.39 is 18.2 Å². The first-order valence-corrected chi connectivity index (χ1v) is 12.3. The molecule has 0 aliphatic carbocycles. The number of unbranched alkanes of at least 4 members (excludes halogenated alkanes) is 1. The SMILES string of the molecule is COC[C@@H](F)CN(CCCCc1ccc2c(n1)NCCC2)CC[C@H](Nc1nccnc1C#N)C(=O)O. The first kappa shape index (κ1) is 27.2. The number of nitrogens with zero attached hydrogens (tertiary/aromatic N) is 5. The summed E-state index contributed by atoms with van der Waals surface area (Å²) < 4.78 is 19.3. The minimum atomic E-state index is -1.18. The van der Waals surface area contributed by atoms with Gasteiger partial charge in [-0.2, -0.15) is 5.26 Å². The molecular formula is C25H34FN7O3. The van der Waals surface area contributed by atoms with E-state index in [4.69, 9.17) is 9.72 Å². The number of rotatable bonds is 15. The number of aryl methyl sites for hydroxylation is 2. The van der Waals surface area contributed by atoms with Crippen LogP contribution < -0.4 is 10.6 Å². The lowest BCUT2D eigenvalue weighted by molar-refractivity contribution is -0.138. The molecule has 194 valence electrons. The van der Waals surface area contributed by atoms with Crippen molar-refractivity contribution in [1.29, 1.82) is 5.26 Å². The first-order valence-electron chi connectivity index (χ1n) is 12.3. The number of pyridine rings is 1. The third kappa shape index (κ3) is 8.39. The molecule has 36 heavy (non-hydrogen) atoms. The summed E-state index contributed by atoms with van der Waals surface area (Å²) >= 11 is 0. The van der Waals surface area contributed by atoms with Crippen LogP contribution in [0, 0.1) is 11.3 Å². The predicted octanol–water partition coefficient (Wildman–Crippen LogP) is 2.67. The Morgan fingerprint density at radius 1 is 1.33 bits per heavy atom. The molecule has 3 N–H and O–H groups in total. The number of hydrogen-bond acceptors (Lipinski definition) is 9. The highest BCUT2D eigenvalue weighted by Crippen LogP contribution is 2.20. The molecule has 3 rings (SSSR count). The highest BCUT2D eigenvalue weighted by atomic mass is 19.1. The topological polar surface area (TPSA) is 136 Å². The number of anilines is 2. The maximum Gasteiger partial charge on any atom is 0.326 e. The molecule has 2 atom stereocenters. The predicted molar refractivity (Wildman–Crippen MR) is 134 cm³/mol. The average molecular weight is 500 g/mol. The number of carboxylic acids is 1. The highest BCUT2D eigenvalue weighted by molar-refractivity contribution is 5.77. The van der Waals surface area contributed by atoms with Crippen molar-refractivity contribution in [2.75, 3.05) is 50.5 Å². The number of aromatic nitrogens is 3. The molecule has 0 aromatic carbocycles. The minimum absolute atomic E-state index is 0.0196. The van der Waals surface area contributed by atoms with E-state index in [1.165, 1.54) is 25.1 Å². The van der Waals surface area contributed by atoms with Gasteiger partial charge in [-0.15, -0.1) is 0 Å². The third-order valence-electron chi connectivity index (χ3n) is 6.06. The number of nitriles is 1. The van der Waals surface area contributed by atoms with Crippen molar-refractivity contribution in [3.8, 4) is 6.07 Å². The van der Waals surface area contributed by atoms with E-state index in [2.05, 4.69) is 32.7 Å². The first-order chi connectivity index (χ1) is 17.5. The van der Waals surface area contributed by atoms with Crippen LogP contribution in [0.2, 0.25) is 0 Å². The Morgan fingerprint density at radius 3 is 2.94 bits per heavy atom. The molecule has 0 fully saturated rings. The van der Waals surface area contributed by atoms with Crippen molar-refractivity contribution in [2.45, 2.75) is 50.7 Å². The van der Waals surface area contributed by atoms with Gasteiger partial charge < -0.3 is 25.4 Å². The zero-order valence-electron chi connectivity index (χ0n) is 20.6. The Bertz CT molecular complexity index is 1030. The van der Waals surface area contributed by atoms with Gasteiger partial charge in [0.1, 0.15) is 24.1 Å². The van der Waals surface area contributed by atoms with E-state index in [0.29, 0.717) is 13.1 Å². The third-order valence-corrected chi connectivity index (χ3v) is 6.06. The normalized spacial score (nSPS) is 14.4. The quantitative estimate of drug-likeness (QED) is 0.314. The molecule has 3 heterocycles. The van der Waals surface area contributed by atoms with E-state index in [0.717, 1.165) is 50.2 Å². The average Bonchev–Trinajstić information content (AvgIpc) is 2.88. The standard InChI is InChI=1S/C25H34FN7O3/c1-36-17-19(26)16-33(13-3-2-6-20-8-7-18-5-4-10-29-23(18)31-20)14-9-21(25(34)35)32-24-22(15-27)28-11-12-30-24/h7-8,11-12,19,21H,2-6,9-10,13-14,16-17H2,1H3,(H,29,31)(H,30,32)(H,34,35)/t19-,21-/m0/s1. The van der Waals surface area contributed by atoms with Gasteiger partial charge in [0.25, 0.3) is 0 Å². The van der Waals surface area contributed by atoms with Gasteiger partial charge in [0.15, 0.2) is 11.5 Å². The molecule has 0 amide bonds. The molecule has 10 nitrogen and oxygen atoms in total. The fourth-order valence-corrected chi connectivity index (χ4v) is 4.22. The Labute approximate surface area is 210 Å². The number of nitrogens with one attached hydrogen (secondary N) is 2. The maximum absolute atomic E-state index is 14.3. The summed E-state index contributed by atoms with van der Waals surface area (Å²) in [6.45, 7) is 2.06. The van der Waals surface area contributed by atoms with Crippen LogP contribution in [0.15, 0.2) is 24.5 Å². The summed E-state index contributed by atoms with van der Waals surface area (Å²) in [5.74, 6) is 0.0223. The highest BCUT2D eigenvalue weighted by Gasteiger charge is 2.22. The summed E-state index contributed by atoms with van der Waals surface area (Å²) in [5.41, 5.74) is 2.31. The molecule has 0 saturated heterocycles. The van der Waals surface area contributed by atoms with E-state index in [1.54, 1.807) is 0 Å². The van der Waals surface area contributed by atoms with Gasteiger partial charge >= 0.3 is 5.97 Å². The Kier molecular flexibility index (Phi) is 10.8. The fraction of sp³-hybridized carbons (Fsp3) is 0.560.